The third-order valence-corrected chi connectivity index (χ3v) is 3.92. The average Bonchev–Trinajstić information content (AvgIpc) is 2.82. The molecular weight excluding hydrogens is 232 g/mol. The van der Waals surface area contributed by atoms with Crippen molar-refractivity contribution in [1.29, 1.82) is 0 Å². The van der Waals surface area contributed by atoms with E-state index in [-0.39, 0.29) is 0 Å². The zero-order valence-electron chi connectivity index (χ0n) is 11.1. The molecule has 1 aliphatic rings. The normalized spacial score (nSPS) is 20.8. The van der Waals surface area contributed by atoms with Gasteiger partial charge in [0, 0.05) is 59.0 Å². The molecular formula is C13H22N2O3. The topological polar surface area (TPSA) is 56.5 Å². The number of imidazole rings is 1. The molecule has 1 aromatic rings. The van der Waals surface area contributed by atoms with Crippen LogP contribution in [0.1, 0.15) is 25.1 Å². The average molecular weight is 254 g/mol. The van der Waals surface area contributed by atoms with E-state index in [0.29, 0.717) is 19.6 Å². The number of hydrogen-bond acceptors (Lipinski definition) is 4. The van der Waals surface area contributed by atoms with Gasteiger partial charge in [0.25, 0.3) is 0 Å². The molecule has 5 heteroatoms. The molecule has 0 bridgehead atoms. The zero-order chi connectivity index (χ0) is 13.0. The summed E-state index contributed by atoms with van der Waals surface area (Å²) in [7, 11) is 3.64. The smallest absolute Gasteiger partial charge is 0.108 e. The van der Waals surface area contributed by atoms with E-state index in [1.165, 1.54) is 0 Å². The van der Waals surface area contributed by atoms with Gasteiger partial charge in [-0.15, -0.1) is 0 Å². The largest absolute Gasteiger partial charge is 0.390 e. The molecule has 0 aromatic carbocycles. The standard InChI is InChI=1S/C13H22N2O3/c1-15-8-7-14-12(15)4-3-11(16)13(17-2)5-9-18-10-6-13/h7-8,11,16H,3-6,9-10H2,1-2H3. The van der Waals surface area contributed by atoms with Gasteiger partial charge in [-0.3, -0.25) is 0 Å². The first-order chi connectivity index (χ1) is 8.68. The van der Waals surface area contributed by atoms with Gasteiger partial charge in [0.05, 0.1) is 11.7 Å². The molecule has 102 valence electrons. The number of hydrogen-bond donors (Lipinski definition) is 1. The number of ether oxygens (including phenoxy) is 2. The molecule has 0 aliphatic carbocycles. The summed E-state index contributed by atoms with van der Waals surface area (Å²) in [4.78, 5) is 4.27. The summed E-state index contributed by atoms with van der Waals surface area (Å²) in [5, 5.41) is 10.4. The minimum atomic E-state index is -0.469. The second kappa shape index (κ2) is 5.82. The molecule has 2 heterocycles. The SMILES string of the molecule is COC1(C(O)CCc2nccn2C)CCOCC1. The van der Waals surface area contributed by atoms with E-state index in [1.54, 1.807) is 13.3 Å². The lowest BCUT2D eigenvalue weighted by atomic mass is 9.85. The van der Waals surface area contributed by atoms with Gasteiger partial charge in [0.2, 0.25) is 0 Å². The van der Waals surface area contributed by atoms with Crippen molar-refractivity contribution >= 4 is 0 Å². The minimum Gasteiger partial charge on any atom is -0.390 e. The summed E-state index contributed by atoms with van der Waals surface area (Å²) in [6, 6.07) is 0. The van der Waals surface area contributed by atoms with Crippen LogP contribution in [-0.2, 0) is 22.9 Å². The molecule has 1 unspecified atom stereocenters. The van der Waals surface area contributed by atoms with Crippen LogP contribution in [0.2, 0.25) is 0 Å². The second-order valence-electron chi connectivity index (χ2n) is 4.89. The maximum atomic E-state index is 10.4. The highest BCUT2D eigenvalue weighted by molar-refractivity contribution is 4.95. The zero-order valence-corrected chi connectivity index (χ0v) is 11.1. The number of aryl methyl sites for hydroxylation is 2. The Bertz CT molecular complexity index is 372. The van der Waals surface area contributed by atoms with E-state index in [0.717, 1.165) is 25.1 Å². The van der Waals surface area contributed by atoms with E-state index >= 15 is 0 Å². The van der Waals surface area contributed by atoms with Crippen molar-refractivity contribution in [2.75, 3.05) is 20.3 Å². The Balaban J connectivity index is 1.93. The Morgan fingerprint density at radius 1 is 1.56 bits per heavy atom. The maximum Gasteiger partial charge on any atom is 0.108 e. The first kappa shape index (κ1) is 13.5. The first-order valence-electron chi connectivity index (χ1n) is 6.45. The van der Waals surface area contributed by atoms with Gasteiger partial charge in [0.15, 0.2) is 0 Å². The van der Waals surface area contributed by atoms with Crippen molar-refractivity contribution in [1.82, 2.24) is 9.55 Å². The van der Waals surface area contributed by atoms with Crippen molar-refractivity contribution < 1.29 is 14.6 Å². The van der Waals surface area contributed by atoms with E-state index in [4.69, 9.17) is 9.47 Å². The minimum absolute atomic E-state index is 0.441. The van der Waals surface area contributed by atoms with Gasteiger partial charge >= 0.3 is 0 Å². The fourth-order valence-electron chi connectivity index (χ4n) is 2.56. The molecule has 1 aliphatic heterocycles. The molecule has 0 spiro atoms. The van der Waals surface area contributed by atoms with Crippen LogP contribution >= 0.6 is 0 Å². The Labute approximate surface area is 108 Å². The Hall–Kier alpha value is -0.910. The molecule has 1 atom stereocenters. The highest BCUT2D eigenvalue weighted by Gasteiger charge is 2.39. The van der Waals surface area contributed by atoms with Crippen LogP contribution in [0.4, 0.5) is 0 Å². The number of aliphatic hydroxyl groups is 1. The lowest BCUT2D eigenvalue weighted by Gasteiger charge is -2.39. The van der Waals surface area contributed by atoms with Gasteiger partial charge < -0.3 is 19.1 Å². The van der Waals surface area contributed by atoms with Crippen LogP contribution < -0.4 is 0 Å². The Morgan fingerprint density at radius 2 is 2.28 bits per heavy atom. The molecule has 0 saturated carbocycles. The van der Waals surface area contributed by atoms with Crippen LogP contribution in [0.15, 0.2) is 12.4 Å². The number of aliphatic hydroxyl groups excluding tert-OH is 1. The van der Waals surface area contributed by atoms with E-state index in [9.17, 15) is 5.11 Å². The van der Waals surface area contributed by atoms with Crippen molar-refractivity contribution in [3.05, 3.63) is 18.2 Å². The van der Waals surface area contributed by atoms with Crippen LogP contribution in [0, 0.1) is 0 Å². The highest BCUT2D eigenvalue weighted by atomic mass is 16.5. The van der Waals surface area contributed by atoms with Crippen molar-refractivity contribution in [2.45, 2.75) is 37.4 Å². The van der Waals surface area contributed by atoms with Crippen molar-refractivity contribution in [3.8, 4) is 0 Å². The predicted octanol–water partition coefficient (Wildman–Crippen LogP) is 0.909. The molecule has 1 aromatic heterocycles. The molecule has 2 rings (SSSR count). The van der Waals surface area contributed by atoms with Crippen molar-refractivity contribution in [3.63, 3.8) is 0 Å². The van der Waals surface area contributed by atoms with E-state index < -0.39 is 11.7 Å². The predicted molar refractivity (Wildman–Crippen MR) is 67.3 cm³/mol. The summed E-state index contributed by atoms with van der Waals surface area (Å²) in [6.45, 7) is 1.32. The maximum absolute atomic E-state index is 10.4. The van der Waals surface area contributed by atoms with Gasteiger partial charge in [-0.05, 0) is 6.42 Å². The monoisotopic (exact) mass is 254 g/mol. The van der Waals surface area contributed by atoms with Crippen molar-refractivity contribution in [2.24, 2.45) is 7.05 Å². The quantitative estimate of drug-likeness (QED) is 0.848. The number of aromatic nitrogens is 2. The molecule has 1 fully saturated rings. The fourth-order valence-corrected chi connectivity index (χ4v) is 2.56. The summed E-state index contributed by atoms with van der Waals surface area (Å²) >= 11 is 0. The third-order valence-electron chi connectivity index (χ3n) is 3.92. The molecule has 0 amide bonds. The second-order valence-corrected chi connectivity index (χ2v) is 4.89. The van der Waals surface area contributed by atoms with Gasteiger partial charge in [0.1, 0.15) is 5.82 Å². The van der Waals surface area contributed by atoms with Gasteiger partial charge in [-0.1, -0.05) is 0 Å². The summed E-state index contributed by atoms with van der Waals surface area (Å²) in [5.74, 6) is 0.993. The molecule has 5 nitrogen and oxygen atoms in total. The number of methoxy groups -OCH3 is 1. The highest BCUT2D eigenvalue weighted by Crippen LogP contribution is 2.30. The number of nitrogens with zero attached hydrogens (tertiary/aromatic N) is 2. The van der Waals surface area contributed by atoms with Gasteiger partial charge in [-0.2, -0.15) is 0 Å². The summed E-state index contributed by atoms with van der Waals surface area (Å²) in [6.07, 6.45) is 6.17. The van der Waals surface area contributed by atoms with Crippen LogP contribution in [-0.4, -0.2) is 46.7 Å². The number of rotatable bonds is 5. The lowest BCUT2D eigenvalue weighted by molar-refractivity contribution is -0.153. The fraction of sp³-hybridized carbons (Fsp3) is 0.769. The first-order valence-corrected chi connectivity index (χ1v) is 6.45. The van der Waals surface area contributed by atoms with Crippen LogP contribution in [0.25, 0.3) is 0 Å². The van der Waals surface area contributed by atoms with E-state index in [1.807, 2.05) is 17.8 Å². The summed E-state index contributed by atoms with van der Waals surface area (Å²) in [5.41, 5.74) is -0.441. The molecule has 1 saturated heterocycles. The van der Waals surface area contributed by atoms with Gasteiger partial charge in [-0.25, -0.2) is 4.98 Å². The summed E-state index contributed by atoms with van der Waals surface area (Å²) < 4.78 is 12.9. The molecule has 18 heavy (non-hydrogen) atoms. The van der Waals surface area contributed by atoms with Crippen LogP contribution in [0.3, 0.4) is 0 Å². The third kappa shape index (κ3) is 2.74. The van der Waals surface area contributed by atoms with Crippen LogP contribution in [0.5, 0.6) is 0 Å². The molecule has 1 N–H and O–H groups in total. The Morgan fingerprint density at radius 3 is 2.83 bits per heavy atom. The van der Waals surface area contributed by atoms with E-state index in [2.05, 4.69) is 4.98 Å². The Kier molecular flexibility index (Phi) is 4.37. The molecule has 0 radical (unpaired) electrons. The lowest BCUT2D eigenvalue weighted by Crippen LogP contribution is -2.48.